The van der Waals surface area contributed by atoms with Gasteiger partial charge in [0.1, 0.15) is 9.88 Å². The smallest absolute Gasteiger partial charge is 0.282 e. The van der Waals surface area contributed by atoms with Crippen LogP contribution in [-0.4, -0.2) is 38.4 Å². The second kappa shape index (κ2) is 11.5. The fourth-order valence-electron chi connectivity index (χ4n) is 3.17. The van der Waals surface area contributed by atoms with Gasteiger partial charge in [0.05, 0.1) is 9.83 Å². The highest BCUT2D eigenvalue weighted by Crippen LogP contribution is 2.32. The lowest BCUT2D eigenvalue weighted by Crippen LogP contribution is -2.42. The maximum absolute atomic E-state index is 12.7. The number of para-hydroxylation sites is 1. The van der Waals surface area contributed by atoms with Crippen LogP contribution in [0.1, 0.15) is 41.3 Å². The maximum atomic E-state index is 12.7. The lowest BCUT2D eigenvalue weighted by atomic mass is 10.1. The summed E-state index contributed by atoms with van der Waals surface area (Å²) in [6.45, 7) is 2.33. The zero-order valence-electron chi connectivity index (χ0n) is 18.3. The first-order valence-electron chi connectivity index (χ1n) is 10.5. The number of hydrogen-bond donors (Lipinski definition) is 2. The lowest BCUT2D eigenvalue weighted by molar-refractivity contribution is -0.385. The first kappa shape index (κ1) is 25.1. The van der Waals surface area contributed by atoms with E-state index in [4.69, 9.17) is 12.2 Å². The van der Waals surface area contributed by atoms with Crippen LogP contribution >= 0.6 is 24.0 Å². The van der Waals surface area contributed by atoms with Crippen LogP contribution in [0.2, 0.25) is 0 Å². The molecule has 1 saturated heterocycles. The Labute approximate surface area is 205 Å². The molecule has 2 aromatic carbocycles. The summed E-state index contributed by atoms with van der Waals surface area (Å²) in [5, 5.41) is 11.0. The first-order chi connectivity index (χ1) is 16.3. The van der Waals surface area contributed by atoms with E-state index in [9.17, 15) is 24.5 Å². The quantitative estimate of drug-likeness (QED) is 0.247. The summed E-state index contributed by atoms with van der Waals surface area (Å²) in [7, 11) is 0. The summed E-state index contributed by atoms with van der Waals surface area (Å²) in [5.74, 6) is -1.50. The molecule has 1 aliphatic heterocycles. The monoisotopic (exact) mass is 498 g/mol. The number of nitrogens with zero attached hydrogens (tertiary/aromatic N) is 2. The number of benzene rings is 2. The van der Waals surface area contributed by atoms with Crippen LogP contribution in [-0.2, 0) is 16.0 Å². The molecule has 0 bridgehead atoms. The van der Waals surface area contributed by atoms with E-state index in [0.717, 1.165) is 12.0 Å². The summed E-state index contributed by atoms with van der Waals surface area (Å²) >= 11 is 6.53. The predicted octanol–water partition coefficient (Wildman–Crippen LogP) is 3.60. The van der Waals surface area contributed by atoms with Crippen molar-refractivity contribution >= 4 is 57.8 Å². The van der Waals surface area contributed by atoms with Crippen LogP contribution < -0.4 is 10.9 Å². The molecule has 11 heteroatoms. The van der Waals surface area contributed by atoms with Gasteiger partial charge in [-0.2, -0.15) is 0 Å². The zero-order chi connectivity index (χ0) is 24.7. The predicted molar refractivity (Wildman–Crippen MR) is 134 cm³/mol. The Hall–Kier alpha value is -3.57. The van der Waals surface area contributed by atoms with E-state index in [2.05, 4.69) is 17.8 Å². The Bertz CT molecular complexity index is 1160. The molecule has 34 heavy (non-hydrogen) atoms. The highest BCUT2D eigenvalue weighted by molar-refractivity contribution is 8.26. The minimum absolute atomic E-state index is 0.0196. The number of hydrazine groups is 1. The van der Waals surface area contributed by atoms with Crippen molar-refractivity contribution < 1.29 is 19.3 Å². The molecule has 176 valence electrons. The highest BCUT2D eigenvalue weighted by atomic mass is 32.2. The summed E-state index contributed by atoms with van der Waals surface area (Å²) in [5.41, 5.74) is 5.99. The number of nitro benzene ring substituents is 1. The second-order valence-electron chi connectivity index (χ2n) is 7.31. The molecule has 0 atom stereocenters. The van der Waals surface area contributed by atoms with E-state index in [1.807, 2.05) is 24.3 Å². The van der Waals surface area contributed by atoms with Crippen molar-refractivity contribution in [2.24, 2.45) is 0 Å². The molecule has 1 heterocycles. The Balaban J connectivity index is 1.48. The number of thioether (sulfide) groups is 1. The largest absolute Gasteiger partial charge is 0.293 e. The Morgan fingerprint density at radius 2 is 1.85 bits per heavy atom. The van der Waals surface area contributed by atoms with Crippen LogP contribution in [0.5, 0.6) is 0 Å². The van der Waals surface area contributed by atoms with Gasteiger partial charge in [-0.25, -0.2) is 0 Å². The van der Waals surface area contributed by atoms with Crippen molar-refractivity contribution in [1.82, 2.24) is 15.8 Å². The number of nitrogens with one attached hydrogen (secondary N) is 2. The number of rotatable bonds is 8. The zero-order valence-corrected chi connectivity index (χ0v) is 19.9. The van der Waals surface area contributed by atoms with Crippen LogP contribution in [0, 0.1) is 10.1 Å². The summed E-state index contributed by atoms with van der Waals surface area (Å²) in [4.78, 5) is 49.3. The molecule has 0 radical (unpaired) electrons. The second-order valence-corrected chi connectivity index (χ2v) is 8.98. The SMILES string of the molecule is CCc1ccc(/C=C2\SC(=S)N(CCCC(=O)NNC(=O)c3ccccc3[N+](=O)[O-])C2=O)cc1. The van der Waals surface area contributed by atoms with Gasteiger partial charge in [0.15, 0.2) is 0 Å². The van der Waals surface area contributed by atoms with E-state index in [1.165, 1.54) is 46.5 Å². The van der Waals surface area contributed by atoms with Gasteiger partial charge in [-0.3, -0.25) is 40.2 Å². The third-order valence-electron chi connectivity index (χ3n) is 5.01. The lowest BCUT2D eigenvalue weighted by Gasteiger charge is -2.14. The summed E-state index contributed by atoms with van der Waals surface area (Å²) in [6.07, 6.45) is 3.07. The van der Waals surface area contributed by atoms with Gasteiger partial charge in [-0.05, 0) is 36.1 Å². The summed E-state index contributed by atoms with van der Waals surface area (Å²) in [6, 6.07) is 13.4. The topological polar surface area (TPSA) is 122 Å². The van der Waals surface area contributed by atoms with Gasteiger partial charge >= 0.3 is 0 Å². The molecular formula is C23H22N4O5S2. The van der Waals surface area contributed by atoms with Gasteiger partial charge in [0.2, 0.25) is 5.91 Å². The molecule has 2 aromatic rings. The normalized spacial score (nSPS) is 14.4. The number of amides is 3. The molecule has 1 aliphatic rings. The fraction of sp³-hybridized carbons (Fsp3) is 0.217. The third-order valence-corrected chi connectivity index (χ3v) is 6.38. The standard InChI is InChI=1S/C23H22N4O5S2/c1-2-15-9-11-16(12-10-15)14-19-22(30)26(23(33)34-19)13-5-8-20(28)24-25-21(29)17-6-3-4-7-18(17)27(31)32/h3-4,6-7,9-12,14H,2,5,8,13H2,1H3,(H,24,28)(H,25,29)/b19-14-. The van der Waals surface area contributed by atoms with Crippen LogP contribution in [0.15, 0.2) is 53.4 Å². The number of carbonyl (C=O) groups is 3. The van der Waals surface area contributed by atoms with Gasteiger partial charge in [-0.15, -0.1) is 0 Å². The molecule has 9 nitrogen and oxygen atoms in total. The molecule has 0 aliphatic carbocycles. The van der Waals surface area contributed by atoms with Crippen molar-refractivity contribution in [2.75, 3.05) is 6.54 Å². The molecular weight excluding hydrogens is 476 g/mol. The Morgan fingerprint density at radius 1 is 1.15 bits per heavy atom. The average Bonchev–Trinajstić information content (AvgIpc) is 3.10. The van der Waals surface area contributed by atoms with Crippen molar-refractivity contribution in [3.05, 3.63) is 80.2 Å². The van der Waals surface area contributed by atoms with Gasteiger partial charge < -0.3 is 0 Å². The molecule has 3 amide bonds. The number of aryl methyl sites for hydroxylation is 1. The van der Waals surface area contributed by atoms with E-state index >= 15 is 0 Å². The molecule has 2 N–H and O–H groups in total. The van der Waals surface area contributed by atoms with Gasteiger partial charge in [-0.1, -0.05) is 67.3 Å². The fourth-order valence-corrected chi connectivity index (χ4v) is 4.48. The van der Waals surface area contributed by atoms with Crippen LogP contribution in [0.25, 0.3) is 6.08 Å². The Morgan fingerprint density at radius 3 is 2.53 bits per heavy atom. The van der Waals surface area contributed by atoms with Crippen LogP contribution in [0.3, 0.4) is 0 Å². The third kappa shape index (κ3) is 6.27. The van der Waals surface area contributed by atoms with E-state index < -0.39 is 16.7 Å². The van der Waals surface area contributed by atoms with Crippen molar-refractivity contribution in [2.45, 2.75) is 26.2 Å². The van der Waals surface area contributed by atoms with E-state index in [1.54, 1.807) is 6.08 Å². The highest BCUT2D eigenvalue weighted by Gasteiger charge is 2.31. The Kier molecular flexibility index (Phi) is 8.50. The molecule has 0 unspecified atom stereocenters. The maximum Gasteiger partial charge on any atom is 0.282 e. The summed E-state index contributed by atoms with van der Waals surface area (Å²) < 4.78 is 0.423. The molecule has 1 fully saturated rings. The minimum Gasteiger partial charge on any atom is -0.293 e. The number of nitro groups is 1. The average molecular weight is 499 g/mol. The first-order valence-corrected chi connectivity index (χ1v) is 11.7. The molecule has 0 saturated carbocycles. The van der Waals surface area contributed by atoms with Crippen molar-refractivity contribution in [1.29, 1.82) is 0 Å². The van der Waals surface area contributed by atoms with Crippen LogP contribution in [0.4, 0.5) is 5.69 Å². The van der Waals surface area contributed by atoms with Crippen molar-refractivity contribution in [3.63, 3.8) is 0 Å². The minimum atomic E-state index is -0.797. The molecule has 3 rings (SSSR count). The number of carbonyl (C=O) groups excluding carboxylic acids is 3. The van der Waals surface area contributed by atoms with E-state index in [-0.39, 0.29) is 30.1 Å². The van der Waals surface area contributed by atoms with Gasteiger partial charge in [0, 0.05) is 19.0 Å². The number of hydrogen-bond acceptors (Lipinski definition) is 7. The van der Waals surface area contributed by atoms with Crippen molar-refractivity contribution in [3.8, 4) is 0 Å². The van der Waals surface area contributed by atoms with Gasteiger partial charge in [0.25, 0.3) is 17.5 Å². The van der Waals surface area contributed by atoms with E-state index in [0.29, 0.717) is 15.6 Å². The number of thiocarbonyl (C=S) groups is 1. The molecule has 0 spiro atoms. The molecule has 0 aromatic heterocycles.